The van der Waals surface area contributed by atoms with Gasteiger partial charge in [0.15, 0.2) is 0 Å². The normalized spacial score (nSPS) is 11.2. The molecule has 0 aliphatic rings. The van der Waals surface area contributed by atoms with Gasteiger partial charge in [0.05, 0.1) is 26.5 Å². The summed E-state index contributed by atoms with van der Waals surface area (Å²) in [5.74, 6) is 2.78. The van der Waals surface area contributed by atoms with Crippen molar-refractivity contribution in [1.82, 2.24) is 15.0 Å². The van der Waals surface area contributed by atoms with E-state index in [9.17, 15) is 0 Å². The van der Waals surface area contributed by atoms with Gasteiger partial charge in [-0.25, -0.2) is 0 Å². The van der Waals surface area contributed by atoms with E-state index in [0.717, 1.165) is 23.6 Å². The van der Waals surface area contributed by atoms with Crippen molar-refractivity contribution in [2.45, 2.75) is 19.6 Å². The molecule has 1 aromatic carbocycles. The summed E-state index contributed by atoms with van der Waals surface area (Å²) < 4.78 is 16.3. The zero-order valence-electron chi connectivity index (χ0n) is 14.9. The molecule has 0 unspecified atom stereocenters. The zero-order chi connectivity index (χ0) is 18.5. The predicted molar refractivity (Wildman–Crippen MR) is 102 cm³/mol. The summed E-state index contributed by atoms with van der Waals surface area (Å²) in [5, 5.41) is 6.20. The van der Waals surface area contributed by atoms with Crippen LogP contribution in [-0.2, 0) is 19.6 Å². The summed E-state index contributed by atoms with van der Waals surface area (Å²) in [4.78, 5) is 8.04. The average Bonchev–Trinajstić information content (AvgIpc) is 3.45. The molecule has 3 heterocycles. The molecule has 138 valence electrons. The van der Waals surface area contributed by atoms with Crippen LogP contribution in [0.4, 0.5) is 0 Å². The summed E-state index contributed by atoms with van der Waals surface area (Å²) in [6, 6.07) is 15.7. The molecule has 0 atom stereocenters. The number of ether oxygens (including phenoxy) is 1. The maximum absolute atomic E-state index is 5.50. The lowest BCUT2D eigenvalue weighted by molar-refractivity contribution is 0.198. The highest BCUT2D eigenvalue weighted by Crippen LogP contribution is 2.22. The molecule has 27 heavy (non-hydrogen) atoms. The van der Waals surface area contributed by atoms with E-state index in [2.05, 4.69) is 32.6 Å². The second-order valence-electron chi connectivity index (χ2n) is 6.05. The smallest absolute Gasteiger partial charge is 0.241 e. The van der Waals surface area contributed by atoms with E-state index in [-0.39, 0.29) is 0 Å². The minimum absolute atomic E-state index is 0.537. The molecule has 3 aromatic heterocycles. The monoisotopic (exact) mass is 381 g/mol. The van der Waals surface area contributed by atoms with E-state index in [4.69, 9.17) is 13.7 Å². The third-order valence-corrected chi connectivity index (χ3v) is 4.94. The molecule has 4 rings (SSSR count). The Morgan fingerprint density at radius 2 is 2.04 bits per heavy atom. The van der Waals surface area contributed by atoms with E-state index in [1.54, 1.807) is 24.7 Å². The Hall–Kier alpha value is -2.90. The Kier molecular flexibility index (Phi) is 5.32. The second kappa shape index (κ2) is 8.20. The maximum Gasteiger partial charge on any atom is 0.241 e. The number of benzene rings is 1. The first-order valence-electron chi connectivity index (χ1n) is 8.54. The number of rotatable bonds is 8. The second-order valence-corrected chi connectivity index (χ2v) is 7.08. The molecular formula is C20H19N3O3S. The number of furan rings is 1. The standard InChI is InChI=1S/C20H19N3O3S/c1-24-16-6-2-5-15(11-16)20-21-19(26-22-20)14-23(12-17-7-3-9-25-17)13-18-8-4-10-27-18/h2-11H,12-14H2,1H3. The van der Waals surface area contributed by atoms with Crippen LogP contribution in [0.2, 0.25) is 0 Å². The molecule has 0 fully saturated rings. The molecule has 6 nitrogen and oxygen atoms in total. The molecule has 7 heteroatoms. The van der Waals surface area contributed by atoms with Gasteiger partial charge in [0, 0.05) is 17.0 Å². The first-order chi connectivity index (χ1) is 13.3. The minimum Gasteiger partial charge on any atom is -0.497 e. The molecule has 4 aromatic rings. The summed E-state index contributed by atoms with van der Waals surface area (Å²) in [6.07, 6.45) is 1.69. The van der Waals surface area contributed by atoms with Crippen LogP contribution in [0.15, 0.2) is 69.1 Å². The lowest BCUT2D eigenvalue weighted by atomic mass is 10.2. The van der Waals surface area contributed by atoms with Crippen LogP contribution in [0, 0.1) is 0 Å². The Bertz CT molecular complexity index is 928. The van der Waals surface area contributed by atoms with Crippen LogP contribution in [0.5, 0.6) is 5.75 Å². The summed E-state index contributed by atoms with van der Waals surface area (Å²) in [5.41, 5.74) is 0.861. The van der Waals surface area contributed by atoms with Crippen molar-refractivity contribution in [3.8, 4) is 17.1 Å². The Labute approximate surface area is 161 Å². The number of thiophene rings is 1. The van der Waals surface area contributed by atoms with Gasteiger partial charge in [-0.05, 0) is 35.7 Å². The van der Waals surface area contributed by atoms with Gasteiger partial charge in [-0.15, -0.1) is 11.3 Å². The van der Waals surface area contributed by atoms with Crippen LogP contribution in [0.1, 0.15) is 16.5 Å². The van der Waals surface area contributed by atoms with E-state index in [1.807, 2.05) is 36.4 Å². The number of nitrogens with zero attached hydrogens (tertiary/aromatic N) is 3. The fourth-order valence-electron chi connectivity index (χ4n) is 2.80. The highest BCUT2D eigenvalue weighted by molar-refractivity contribution is 7.09. The van der Waals surface area contributed by atoms with Crippen molar-refractivity contribution in [2.75, 3.05) is 7.11 Å². The van der Waals surface area contributed by atoms with E-state index < -0.39 is 0 Å². The lowest BCUT2D eigenvalue weighted by Gasteiger charge is -2.18. The Balaban J connectivity index is 1.51. The zero-order valence-corrected chi connectivity index (χ0v) is 15.7. The van der Waals surface area contributed by atoms with Gasteiger partial charge in [-0.3, -0.25) is 4.90 Å². The van der Waals surface area contributed by atoms with Gasteiger partial charge >= 0.3 is 0 Å². The number of hydrogen-bond acceptors (Lipinski definition) is 7. The van der Waals surface area contributed by atoms with Crippen LogP contribution >= 0.6 is 11.3 Å². The SMILES string of the molecule is COc1cccc(-c2noc(CN(Cc3ccco3)Cc3cccs3)n2)c1. The van der Waals surface area contributed by atoms with Crippen molar-refractivity contribution in [3.63, 3.8) is 0 Å². The third kappa shape index (κ3) is 4.45. The fourth-order valence-corrected chi connectivity index (χ4v) is 3.55. The van der Waals surface area contributed by atoms with Gasteiger partial charge in [-0.2, -0.15) is 4.98 Å². The van der Waals surface area contributed by atoms with Gasteiger partial charge in [0.2, 0.25) is 11.7 Å². The predicted octanol–water partition coefficient (Wildman–Crippen LogP) is 4.60. The van der Waals surface area contributed by atoms with Crippen LogP contribution in [-0.4, -0.2) is 22.2 Å². The molecular weight excluding hydrogens is 362 g/mol. The van der Waals surface area contributed by atoms with Gasteiger partial charge in [-0.1, -0.05) is 23.4 Å². The topological polar surface area (TPSA) is 64.5 Å². The van der Waals surface area contributed by atoms with Crippen molar-refractivity contribution < 1.29 is 13.7 Å². The summed E-state index contributed by atoms with van der Waals surface area (Å²) in [7, 11) is 1.64. The Morgan fingerprint density at radius 1 is 1.07 bits per heavy atom. The van der Waals surface area contributed by atoms with E-state index >= 15 is 0 Å². The molecule has 0 amide bonds. The summed E-state index contributed by atoms with van der Waals surface area (Å²) in [6.45, 7) is 1.99. The number of methoxy groups -OCH3 is 1. The van der Waals surface area contributed by atoms with Crippen molar-refractivity contribution in [1.29, 1.82) is 0 Å². The molecule has 0 aliphatic heterocycles. The van der Waals surface area contributed by atoms with Crippen molar-refractivity contribution >= 4 is 11.3 Å². The number of aromatic nitrogens is 2. The molecule has 0 radical (unpaired) electrons. The van der Waals surface area contributed by atoms with E-state index in [0.29, 0.717) is 24.8 Å². The fraction of sp³-hybridized carbons (Fsp3) is 0.200. The van der Waals surface area contributed by atoms with Crippen LogP contribution < -0.4 is 4.74 Å². The van der Waals surface area contributed by atoms with Crippen molar-refractivity contribution in [3.05, 3.63) is 76.7 Å². The van der Waals surface area contributed by atoms with E-state index in [1.165, 1.54) is 4.88 Å². The Morgan fingerprint density at radius 3 is 2.81 bits per heavy atom. The molecule has 0 saturated heterocycles. The molecule has 0 saturated carbocycles. The van der Waals surface area contributed by atoms with Crippen LogP contribution in [0.25, 0.3) is 11.4 Å². The largest absolute Gasteiger partial charge is 0.497 e. The van der Waals surface area contributed by atoms with Crippen molar-refractivity contribution in [2.24, 2.45) is 0 Å². The molecule has 0 aliphatic carbocycles. The summed E-state index contributed by atoms with van der Waals surface area (Å²) >= 11 is 1.73. The maximum atomic E-state index is 5.50. The first-order valence-corrected chi connectivity index (χ1v) is 9.42. The van der Waals surface area contributed by atoms with Crippen LogP contribution in [0.3, 0.4) is 0 Å². The lowest BCUT2D eigenvalue weighted by Crippen LogP contribution is -2.21. The number of hydrogen-bond donors (Lipinski definition) is 0. The first kappa shape index (κ1) is 17.5. The van der Waals surface area contributed by atoms with Gasteiger partial charge < -0.3 is 13.7 Å². The minimum atomic E-state index is 0.537. The highest BCUT2D eigenvalue weighted by Gasteiger charge is 2.16. The molecule has 0 bridgehead atoms. The highest BCUT2D eigenvalue weighted by atomic mass is 32.1. The molecule has 0 N–H and O–H groups in total. The third-order valence-electron chi connectivity index (χ3n) is 4.07. The average molecular weight is 381 g/mol. The molecule has 0 spiro atoms. The quantitative estimate of drug-likeness (QED) is 0.444. The van der Waals surface area contributed by atoms with Gasteiger partial charge in [0.25, 0.3) is 0 Å². The van der Waals surface area contributed by atoms with Gasteiger partial charge in [0.1, 0.15) is 11.5 Å².